The van der Waals surface area contributed by atoms with Crippen LogP contribution in [0.5, 0.6) is 0 Å². The van der Waals surface area contributed by atoms with Gasteiger partial charge in [0.25, 0.3) is 5.69 Å². The molecule has 0 saturated heterocycles. The molecule has 0 spiro atoms. The number of amidine groups is 1. The molecule has 0 saturated carbocycles. The number of nitriles is 1. The lowest BCUT2D eigenvalue weighted by Crippen LogP contribution is -2.12. The normalized spacial score (nSPS) is 10.8. The molecule has 0 aromatic heterocycles. The maximum absolute atomic E-state index is 10.7. The average molecular weight is 266 g/mol. The zero-order valence-electron chi connectivity index (χ0n) is 10.4. The van der Waals surface area contributed by atoms with Crippen molar-refractivity contribution in [2.24, 2.45) is 10.7 Å². The number of nitro groups is 1. The monoisotopic (exact) mass is 266 g/mol. The lowest BCUT2D eigenvalue weighted by atomic mass is 10.2. The SMILES string of the molecule is N#Cc1cccc(N=C(N)c2cccc([N+](=O)[O-])c2)c1. The molecule has 0 fully saturated rings. The van der Waals surface area contributed by atoms with Crippen molar-refractivity contribution in [3.05, 3.63) is 69.8 Å². The van der Waals surface area contributed by atoms with E-state index in [4.69, 9.17) is 11.0 Å². The Morgan fingerprint density at radius 2 is 2.00 bits per heavy atom. The summed E-state index contributed by atoms with van der Waals surface area (Å²) in [6.45, 7) is 0. The smallest absolute Gasteiger partial charge is 0.270 e. The van der Waals surface area contributed by atoms with Crippen molar-refractivity contribution >= 4 is 17.2 Å². The van der Waals surface area contributed by atoms with E-state index in [0.717, 1.165) is 0 Å². The Morgan fingerprint density at radius 1 is 1.25 bits per heavy atom. The summed E-state index contributed by atoms with van der Waals surface area (Å²) in [7, 11) is 0. The largest absolute Gasteiger partial charge is 0.383 e. The summed E-state index contributed by atoms with van der Waals surface area (Å²) in [5, 5.41) is 19.5. The molecule has 0 unspecified atom stereocenters. The second kappa shape index (κ2) is 5.63. The molecule has 6 heteroatoms. The quantitative estimate of drug-likeness (QED) is 0.398. The summed E-state index contributed by atoms with van der Waals surface area (Å²) in [6, 6.07) is 14.6. The summed E-state index contributed by atoms with van der Waals surface area (Å²) in [5.41, 5.74) is 7.23. The molecule has 0 atom stereocenters. The molecule has 0 amide bonds. The van der Waals surface area contributed by atoms with Crippen LogP contribution in [0.2, 0.25) is 0 Å². The van der Waals surface area contributed by atoms with E-state index in [0.29, 0.717) is 16.8 Å². The first-order valence-electron chi connectivity index (χ1n) is 5.69. The molecule has 2 aromatic carbocycles. The Balaban J connectivity index is 2.37. The molecule has 0 radical (unpaired) electrons. The highest BCUT2D eigenvalue weighted by Gasteiger charge is 2.07. The highest BCUT2D eigenvalue weighted by atomic mass is 16.6. The number of nitrogens with two attached hydrogens (primary N) is 1. The fourth-order valence-corrected chi connectivity index (χ4v) is 1.63. The van der Waals surface area contributed by atoms with Gasteiger partial charge < -0.3 is 5.73 Å². The molecular formula is C14H10N4O2. The second-order valence-electron chi connectivity index (χ2n) is 3.97. The summed E-state index contributed by atoms with van der Waals surface area (Å²) in [6.07, 6.45) is 0. The minimum absolute atomic E-state index is 0.0496. The zero-order chi connectivity index (χ0) is 14.5. The van der Waals surface area contributed by atoms with Crippen molar-refractivity contribution in [2.75, 3.05) is 0 Å². The second-order valence-corrected chi connectivity index (χ2v) is 3.97. The molecule has 0 bridgehead atoms. The molecule has 0 aliphatic rings. The van der Waals surface area contributed by atoms with E-state index in [-0.39, 0.29) is 11.5 Å². The third-order valence-corrected chi connectivity index (χ3v) is 2.58. The van der Waals surface area contributed by atoms with Crippen LogP contribution < -0.4 is 5.73 Å². The summed E-state index contributed by atoms with van der Waals surface area (Å²) in [4.78, 5) is 14.4. The van der Waals surface area contributed by atoms with E-state index in [2.05, 4.69) is 4.99 Å². The molecule has 98 valence electrons. The predicted molar refractivity (Wildman–Crippen MR) is 74.6 cm³/mol. The van der Waals surface area contributed by atoms with E-state index in [1.165, 1.54) is 12.1 Å². The molecule has 2 aromatic rings. The van der Waals surface area contributed by atoms with Gasteiger partial charge in [0.15, 0.2) is 0 Å². The van der Waals surface area contributed by atoms with Gasteiger partial charge in [-0.1, -0.05) is 18.2 Å². The highest BCUT2D eigenvalue weighted by molar-refractivity contribution is 5.99. The molecule has 20 heavy (non-hydrogen) atoms. The van der Waals surface area contributed by atoms with E-state index >= 15 is 0 Å². The van der Waals surface area contributed by atoms with Gasteiger partial charge in [0.1, 0.15) is 5.84 Å². The molecule has 0 heterocycles. The number of benzene rings is 2. The minimum Gasteiger partial charge on any atom is -0.383 e. The van der Waals surface area contributed by atoms with Gasteiger partial charge in [-0.15, -0.1) is 0 Å². The van der Waals surface area contributed by atoms with E-state index in [1.54, 1.807) is 36.4 Å². The topological polar surface area (TPSA) is 105 Å². The Hall–Kier alpha value is -3.20. The van der Waals surface area contributed by atoms with Crippen molar-refractivity contribution < 1.29 is 4.92 Å². The maximum Gasteiger partial charge on any atom is 0.270 e. The molecular weight excluding hydrogens is 256 g/mol. The fraction of sp³-hybridized carbons (Fsp3) is 0. The number of non-ortho nitro benzene ring substituents is 1. The Morgan fingerprint density at radius 3 is 2.70 bits per heavy atom. The zero-order valence-corrected chi connectivity index (χ0v) is 10.4. The van der Waals surface area contributed by atoms with Crippen LogP contribution in [-0.4, -0.2) is 10.8 Å². The first-order valence-corrected chi connectivity index (χ1v) is 5.69. The van der Waals surface area contributed by atoms with Crippen molar-refractivity contribution in [2.45, 2.75) is 0 Å². The maximum atomic E-state index is 10.7. The summed E-state index contributed by atoms with van der Waals surface area (Å²) < 4.78 is 0. The van der Waals surface area contributed by atoms with Crippen LogP contribution in [0.25, 0.3) is 0 Å². The van der Waals surface area contributed by atoms with Crippen LogP contribution >= 0.6 is 0 Å². The van der Waals surface area contributed by atoms with Gasteiger partial charge in [-0.25, -0.2) is 4.99 Å². The van der Waals surface area contributed by atoms with Gasteiger partial charge in [0.05, 0.1) is 22.2 Å². The van der Waals surface area contributed by atoms with Gasteiger partial charge in [-0.3, -0.25) is 10.1 Å². The van der Waals surface area contributed by atoms with Crippen LogP contribution in [0, 0.1) is 21.4 Å². The number of nitro benzene ring substituents is 1. The van der Waals surface area contributed by atoms with Crippen molar-refractivity contribution in [1.82, 2.24) is 0 Å². The standard InChI is InChI=1S/C14H10N4O2/c15-9-10-3-1-5-12(7-10)17-14(16)11-4-2-6-13(8-11)18(19)20/h1-8H,(H2,16,17). The van der Waals surface area contributed by atoms with E-state index < -0.39 is 4.92 Å². The Bertz CT molecular complexity index is 732. The van der Waals surface area contributed by atoms with Gasteiger partial charge >= 0.3 is 0 Å². The lowest BCUT2D eigenvalue weighted by molar-refractivity contribution is -0.384. The van der Waals surface area contributed by atoms with Gasteiger partial charge in [0, 0.05) is 17.7 Å². The average Bonchev–Trinajstić information content (AvgIpc) is 2.47. The number of aliphatic imine (C=N–C) groups is 1. The highest BCUT2D eigenvalue weighted by Crippen LogP contribution is 2.17. The number of hydrogen-bond acceptors (Lipinski definition) is 4. The Kier molecular flexibility index (Phi) is 3.72. The predicted octanol–water partition coefficient (Wildman–Crippen LogP) is 2.50. The van der Waals surface area contributed by atoms with Crippen LogP contribution in [0.3, 0.4) is 0 Å². The first-order chi connectivity index (χ1) is 9.60. The fourth-order valence-electron chi connectivity index (χ4n) is 1.63. The van der Waals surface area contributed by atoms with Crippen LogP contribution in [0.1, 0.15) is 11.1 Å². The van der Waals surface area contributed by atoms with Gasteiger partial charge in [-0.2, -0.15) is 5.26 Å². The summed E-state index contributed by atoms with van der Waals surface area (Å²) in [5.74, 6) is 0.156. The van der Waals surface area contributed by atoms with Gasteiger partial charge in [0.2, 0.25) is 0 Å². The number of hydrogen-bond donors (Lipinski definition) is 1. The van der Waals surface area contributed by atoms with Crippen molar-refractivity contribution in [3.8, 4) is 6.07 Å². The minimum atomic E-state index is -0.493. The molecule has 2 N–H and O–H groups in total. The lowest BCUT2D eigenvalue weighted by Gasteiger charge is -2.01. The summed E-state index contributed by atoms with van der Waals surface area (Å²) >= 11 is 0. The van der Waals surface area contributed by atoms with Crippen LogP contribution in [-0.2, 0) is 0 Å². The number of rotatable bonds is 3. The van der Waals surface area contributed by atoms with Crippen molar-refractivity contribution in [1.29, 1.82) is 5.26 Å². The van der Waals surface area contributed by atoms with Crippen molar-refractivity contribution in [3.63, 3.8) is 0 Å². The molecule has 0 aliphatic carbocycles. The molecule has 6 nitrogen and oxygen atoms in total. The molecule has 2 rings (SSSR count). The van der Waals surface area contributed by atoms with Gasteiger partial charge in [-0.05, 0) is 18.2 Å². The first kappa shape index (κ1) is 13.2. The Labute approximate surface area is 114 Å². The van der Waals surface area contributed by atoms with Crippen LogP contribution in [0.4, 0.5) is 11.4 Å². The number of nitrogens with zero attached hydrogens (tertiary/aromatic N) is 3. The van der Waals surface area contributed by atoms with E-state index in [9.17, 15) is 10.1 Å². The van der Waals surface area contributed by atoms with E-state index in [1.807, 2.05) is 6.07 Å². The molecule has 0 aliphatic heterocycles. The van der Waals surface area contributed by atoms with Crippen LogP contribution in [0.15, 0.2) is 53.5 Å². The third kappa shape index (κ3) is 2.97. The third-order valence-electron chi connectivity index (χ3n) is 2.58.